The number of carboxylic acids is 1. The van der Waals surface area contributed by atoms with Crippen LogP contribution in [0.2, 0.25) is 0 Å². The van der Waals surface area contributed by atoms with Crippen molar-refractivity contribution >= 4 is 40.6 Å². The van der Waals surface area contributed by atoms with E-state index in [-0.39, 0.29) is 17.4 Å². The summed E-state index contributed by atoms with van der Waals surface area (Å²) >= 11 is 1.56. The molecule has 2 aromatic heterocycles. The maximum atomic E-state index is 12.4. The van der Waals surface area contributed by atoms with Crippen molar-refractivity contribution in [3.05, 3.63) is 12.7 Å². The van der Waals surface area contributed by atoms with E-state index in [0.29, 0.717) is 17.1 Å². The Morgan fingerprint density at radius 3 is 2.93 bits per heavy atom. The lowest BCUT2D eigenvalue weighted by molar-refractivity contribution is -0.152. The first-order chi connectivity index (χ1) is 13.0. The Hall–Kier alpha value is -2.48. The molecule has 0 aliphatic carbocycles. The summed E-state index contributed by atoms with van der Waals surface area (Å²) in [5, 5.41) is 25.8. The molecule has 2 aliphatic heterocycles. The van der Waals surface area contributed by atoms with E-state index < -0.39 is 36.5 Å². The summed E-state index contributed by atoms with van der Waals surface area (Å²) < 4.78 is 6.91. The first kappa shape index (κ1) is 17.9. The fourth-order valence-electron chi connectivity index (χ4n) is 3.16. The van der Waals surface area contributed by atoms with Crippen molar-refractivity contribution in [3.63, 3.8) is 0 Å². The number of hydrogen-bond acceptors (Lipinski definition) is 10. The van der Waals surface area contributed by atoms with Crippen LogP contribution >= 0.6 is 11.8 Å². The minimum atomic E-state index is -1.43. The summed E-state index contributed by atoms with van der Waals surface area (Å²) in [5.74, 6) is -0.333. The molecule has 2 fully saturated rings. The molecule has 0 radical (unpaired) electrons. The first-order valence-corrected chi connectivity index (χ1v) is 9.23. The monoisotopic (exact) mass is 395 g/mol. The van der Waals surface area contributed by atoms with E-state index in [0.717, 1.165) is 0 Å². The number of aliphatic hydroxyl groups excluding tert-OH is 1. The van der Waals surface area contributed by atoms with E-state index in [1.54, 1.807) is 11.8 Å². The van der Waals surface area contributed by atoms with Gasteiger partial charge in [0, 0.05) is 11.6 Å². The highest BCUT2D eigenvalue weighted by atomic mass is 32.2. The lowest BCUT2D eigenvalue weighted by Gasteiger charge is -2.21. The summed E-state index contributed by atoms with van der Waals surface area (Å²) in [7, 11) is 0. The summed E-state index contributed by atoms with van der Waals surface area (Å²) in [5.41, 5.74) is 6.34. The van der Waals surface area contributed by atoms with Crippen LogP contribution in [0.1, 0.15) is 6.23 Å². The molecule has 5 unspecified atom stereocenters. The number of nitrogen functional groups attached to an aromatic ring is 1. The Morgan fingerprint density at radius 1 is 1.41 bits per heavy atom. The average molecular weight is 395 g/mol. The van der Waals surface area contributed by atoms with Crippen LogP contribution in [0.3, 0.4) is 0 Å². The Morgan fingerprint density at radius 2 is 2.22 bits per heavy atom. The van der Waals surface area contributed by atoms with Crippen LogP contribution in [-0.4, -0.2) is 77.5 Å². The van der Waals surface area contributed by atoms with Crippen molar-refractivity contribution in [2.75, 3.05) is 17.4 Å². The molecule has 1 amide bonds. The van der Waals surface area contributed by atoms with Gasteiger partial charge >= 0.3 is 5.97 Å². The molecule has 0 spiro atoms. The van der Waals surface area contributed by atoms with Crippen molar-refractivity contribution in [2.45, 2.75) is 30.5 Å². The van der Waals surface area contributed by atoms with Crippen LogP contribution in [0, 0.1) is 0 Å². The number of fused-ring (bicyclic) bond motifs is 1. The number of carbonyl (C=O) groups is 2. The fraction of sp³-hybridized carbons (Fsp3) is 0.500. The molecule has 4 heterocycles. The number of nitrogens with one attached hydrogen (secondary N) is 2. The lowest BCUT2D eigenvalue weighted by atomic mass is 10.1. The number of imidazole rings is 1. The fourth-order valence-corrected chi connectivity index (χ4v) is 4.10. The summed E-state index contributed by atoms with van der Waals surface area (Å²) in [6, 6.07) is -1.58. The zero-order valence-electron chi connectivity index (χ0n) is 13.8. The van der Waals surface area contributed by atoms with Crippen molar-refractivity contribution in [1.29, 1.82) is 0 Å². The van der Waals surface area contributed by atoms with Gasteiger partial charge < -0.3 is 26.0 Å². The van der Waals surface area contributed by atoms with Gasteiger partial charge in [0.2, 0.25) is 5.91 Å². The lowest BCUT2D eigenvalue weighted by Crippen LogP contribution is -2.54. The quantitative estimate of drug-likeness (QED) is 0.383. The van der Waals surface area contributed by atoms with Crippen LogP contribution < -0.4 is 16.4 Å². The summed E-state index contributed by atoms with van der Waals surface area (Å²) in [4.78, 5) is 36.0. The molecule has 5 atom stereocenters. The Bertz CT molecular complexity index is 886. The molecule has 2 aromatic rings. The second kappa shape index (κ2) is 6.92. The molecule has 0 bridgehead atoms. The number of ether oxygens (including phenoxy) is 1. The molecule has 13 heteroatoms. The number of amides is 1. The highest BCUT2D eigenvalue weighted by Crippen LogP contribution is 2.32. The highest BCUT2D eigenvalue weighted by molar-refractivity contribution is 7.99. The number of thioether (sulfide) groups is 1. The van der Waals surface area contributed by atoms with Crippen molar-refractivity contribution < 1.29 is 24.5 Å². The zero-order valence-corrected chi connectivity index (χ0v) is 14.7. The normalized spacial score (nSPS) is 30.6. The van der Waals surface area contributed by atoms with Gasteiger partial charge in [0.05, 0.1) is 18.4 Å². The van der Waals surface area contributed by atoms with Gasteiger partial charge in [0.1, 0.15) is 17.9 Å². The molecule has 27 heavy (non-hydrogen) atoms. The molecular weight excluding hydrogens is 378 g/mol. The molecule has 2 saturated heterocycles. The number of carboxylic acid groups (broad SMARTS) is 1. The number of carbonyl (C=O) groups excluding carboxylic acids is 1. The molecule has 0 aromatic carbocycles. The van der Waals surface area contributed by atoms with Crippen LogP contribution in [0.5, 0.6) is 0 Å². The second-order valence-corrected chi connectivity index (χ2v) is 7.20. The van der Waals surface area contributed by atoms with Crippen molar-refractivity contribution in [3.8, 4) is 0 Å². The molecule has 6 N–H and O–H groups in total. The standard InChI is InChI=1S/C14H17N7O5S/c15-10-7-11(17-2-16-10)21(3-18-7)13-8(22)6(9(26-13)14(24)25)20-12(23)5-1-27-4-19-5/h2-3,5-6,8-9,13,19,22H,1,4H2,(H,20,23)(H,24,25)(H2,15,16,17). The average Bonchev–Trinajstić information content (AvgIpc) is 3.35. The van der Waals surface area contributed by atoms with Gasteiger partial charge in [-0.2, -0.15) is 0 Å². The molecular formula is C14H17N7O5S. The number of nitrogens with two attached hydrogens (primary N) is 1. The predicted octanol–water partition coefficient (Wildman–Crippen LogP) is -2.10. The number of rotatable bonds is 4. The minimum Gasteiger partial charge on any atom is -0.479 e. The second-order valence-electron chi connectivity index (χ2n) is 6.17. The van der Waals surface area contributed by atoms with Crippen LogP contribution in [0.15, 0.2) is 12.7 Å². The van der Waals surface area contributed by atoms with Crippen LogP contribution in [0.25, 0.3) is 11.2 Å². The van der Waals surface area contributed by atoms with Gasteiger partial charge in [-0.25, -0.2) is 19.7 Å². The largest absolute Gasteiger partial charge is 0.479 e. The number of anilines is 1. The predicted molar refractivity (Wildman–Crippen MR) is 93.5 cm³/mol. The van der Waals surface area contributed by atoms with E-state index in [2.05, 4.69) is 25.6 Å². The Kier molecular flexibility index (Phi) is 4.59. The van der Waals surface area contributed by atoms with Crippen molar-refractivity contribution in [1.82, 2.24) is 30.2 Å². The minimum absolute atomic E-state index is 0.149. The SMILES string of the molecule is Nc1ncnc2c1ncn2C1OC(C(=O)O)C(NC(=O)C2CSCN2)C1O. The third-order valence-electron chi connectivity index (χ3n) is 4.52. The van der Waals surface area contributed by atoms with E-state index >= 15 is 0 Å². The van der Waals surface area contributed by atoms with E-state index in [4.69, 9.17) is 10.5 Å². The zero-order chi connectivity index (χ0) is 19.1. The molecule has 2 aliphatic rings. The first-order valence-electron chi connectivity index (χ1n) is 8.08. The van der Waals surface area contributed by atoms with Gasteiger partial charge in [-0.05, 0) is 0 Å². The summed E-state index contributed by atoms with van der Waals surface area (Å²) in [6.07, 6.45) is -1.31. The van der Waals surface area contributed by atoms with Crippen LogP contribution in [-0.2, 0) is 14.3 Å². The number of hydrogen-bond donors (Lipinski definition) is 5. The number of aromatic nitrogens is 4. The van der Waals surface area contributed by atoms with Gasteiger partial charge in [0.15, 0.2) is 23.8 Å². The van der Waals surface area contributed by atoms with Gasteiger partial charge in [-0.3, -0.25) is 14.7 Å². The number of nitrogens with zero attached hydrogens (tertiary/aromatic N) is 4. The molecule has 144 valence electrons. The smallest absolute Gasteiger partial charge is 0.335 e. The van der Waals surface area contributed by atoms with E-state index in [1.165, 1.54) is 17.2 Å². The van der Waals surface area contributed by atoms with Gasteiger partial charge in [-0.15, -0.1) is 11.8 Å². The van der Waals surface area contributed by atoms with Gasteiger partial charge in [0.25, 0.3) is 0 Å². The molecule has 12 nitrogen and oxygen atoms in total. The topological polar surface area (TPSA) is 178 Å². The third kappa shape index (κ3) is 3.07. The third-order valence-corrected chi connectivity index (χ3v) is 5.46. The van der Waals surface area contributed by atoms with E-state index in [9.17, 15) is 19.8 Å². The molecule has 0 saturated carbocycles. The van der Waals surface area contributed by atoms with Crippen molar-refractivity contribution in [2.24, 2.45) is 0 Å². The van der Waals surface area contributed by atoms with Gasteiger partial charge in [-0.1, -0.05) is 0 Å². The molecule has 4 rings (SSSR count). The highest BCUT2D eigenvalue weighted by Gasteiger charge is 2.50. The Labute approximate surface area is 156 Å². The van der Waals surface area contributed by atoms with E-state index in [1.807, 2.05) is 0 Å². The summed E-state index contributed by atoms with van der Waals surface area (Å²) in [6.45, 7) is 0. The number of aliphatic carboxylic acids is 1. The number of aliphatic hydroxyl groups is 1. The Balaban J connectivity index is 1.62. The van der Waals surface area contributed by atoms with Crippen LogP contribution in [0.4, 0.5) is 5.82 Å². The maximum absolute atomic E-state index is 12.4. The maximum Gasteiger partial charge on any atom is 0.335 e.